The van der Waals surface area contributed by atoms with Gasteiger partial charge in [0.2, 0.25) is 0 Å². The molecule has 1 aromatic carbocycles. The molecule has 0 aliphatic rings. The van der Waals surface area contributed by atoms with E-state index in [0.29, 0.717) is 13.2 Å². The van der Waals surface area contributed by atoms with Gasteiger partial charge in [0.25, 0.3) is 0 Å². The summed E-state index contributed by atoms with van der Waals surface area (Å²) in [6.45, 7) is 9.88. The fraction of sp³-hybridized carbons (Fsp3) is 0.600. The number of para-hydroxylation sites is 1. The molecule has 1 rings (SSSR count). The zero-order chi connectivity index (χ0) is 13.4. The van der Waals surface area contributed by atoms with Gasteiger partial charge in [-0.15, -0.1) is 0 Å². The number of nitrogens with two attached hydrogens (primary N) is 1. The Morgan fingerprint density at radius 2 is 1.89 bits per heavy atom. The molecule has 3 nitrogen and oxygen atoms in total. The molecule has 0 bridgehead atoms. The first-order chi connectivity index (χ1) is 8.66. The molecule has 102 valence electrons. The lowest BCUT2D eigenvalue weighted by Gasteiger charge is -2.39. The first kappa shape index (κ1) is 15.0. The summed E-state index contributed by atoms with van der Waals surface area (Å²) in [7, 11) is 0. The van der Waals surface area contributed by atoms with E-state index in [4.69, 9.17) is 10.5 Å². The highest BCUT2D eigenvalue weighted by Gasteiger charge is 2.26. The van der Waals surface area contributed by atoms with E-state index in [1.54, 1.807) is 0 Å². The smallest absolute Gasteiger partial charge is 0.119 e. The molecule has 1 unspecified atom stereocenters. The summed E-state index contributed by atoms with van der Waals surface area (Å²) in [5, 5.41) is 0. The van der Waals surface area contributed by atoms with Crippen molar-refractivity contribution >= 4 is 0 Å². The standard InChI is InChI=1S/C15H26N2O/c1-4-15(3,13-16)17(5-2)11-12-18-14-9-7-6-8-10-14/h6-10H,4-5,11-13,16H2,1-3H3. The molecule has 0 fully saturated rings. The Morgan fingerprint density at radius 1 is 1.22 bits per heavy atom. The molecule has 0 aromatic heterocycles. The number of nitrogens with zero attached hydrogens (tertiary/aromatic N) is 1. The average molecular weight is 250 g/mol. The highest BCUT2D eigenvalue weighted by molar-refractivity contribution is 5.20. The summed E-state index contributed by atoms with van der Waals surface area (Å²) in [6, 6.07) is 9.94. The van der Waals surface area contributed by atoms with E-state index in [0.717, 1.165) is 25.3 Å². The summed E-state index contributed by atoms with van der Waals surface area (Å²) < 4.78 is 5.74. The molecule has 2 N–H and O–H groups in total. The van der Waals surface area contributed by atoms with E-state index in [2.05, 4.69) is 25.7 Å². The topological polar surface area (TPSA) is 38.5 Å². The third-order valence-electron chi connectivity index (χ3n) is 3.72. The van der Waals surface area contributed by atoms with Crippen molar-refractivity contribution in [2.45, 2.75) is 32.7 Å². The van der Waals surface area contributed by atoms with Crippen LogP contribution in [0.1, 0.15) is 27.2 Å². The lowest BCUT2D eigenvalue weighted by Crippen LogP contribution is -2.52. The van der Waals surface area contributed by atoms with Crippen LogP contribution in [0.5, 0.6) is 5.75 Å². The van der Waals surface area contributed by atoms with Crippen molar-refractivity contribution in [2.75, 3.05) is 26.2 Å². The van der Waals surface area contributed by atoms with Gasteiger partial charge >= 0.3 is 0 Å². The van der Waals surface area contributed by atoms with Gasteiger partial charge in [-0.3, -0.25) is 4.90 Å². The molecule has 0 amide bonds. The maximum absolute atomic E-state index is 5.89. The highest BCUT2D eigenvalue weighted by atomic mass is 16.5. The van der Waals surface area contributed by atoms with E-state index in [-0.39, 0.29) is 5.54 Å². The molecular weight excluding hydrogens is 224 g/mol. The van der Waals surface area contributed by atoms with Crippen LogP contribution in [-0.4, -0.2) is 36.7 Å². The molecular formula is C15H26N2O. The minimum atomic E-state index is 0.0782. The van der Waals surface area contributed by atoms with Gasteiger partial charge in [0.05, 0.1) is 0 Å². The van der Waals surface area contributed by atoms with Crippen molar-refractivity contribution in [3.63, 3.8) is 0 Å². The van der Waals surface area contributed by atoms with E-state index in [1.807, 2.05) is 30.3 Å². The van der Waals surface area contributed by atoms with Crippen molar-refractivity contribution in [2.24, 2.45) is 5.73 Å². The Labute approximate surface area is 111 Å². The van der Waals surface area contributed by atoms with Gasteiger partial charge in [-0.05, 0) is 32.0 Å². The van der Waals surface area contributed by atoms with Crippen LogP contribution >= 0.6 is 0 Å². The summed E-state index contributed by atoms with van der Waals surface area (Å²) in [4.78, 5) is 2.40. The lowest BCUT2D eigenvalue weighted by molar-refractivity contribution is 0.0929. The van der Waals surface area contributed by atoms with Crippen LogP contribution in [0.4, 0.5) is 0 Å². The molecule has 3 heteroatoms. The molecule has 0 heterocycles. The van der Waals surface area contributed by atoms with E-state index in [9.17, 15) is 0 Å². The van der Waals surface area contributed by atoms with Crippen LogP contribution in [0.15, 0.2) is 30.3 Å². The normalized spacial score (nSPS) is 14.5. The number of hydrogen-bond acceptors (Lipinski definition) is 3. The number of likely N-dealkylation sites (N-methyl/N-ethyl adjacent to an activating group) is 1. The summed E-state index contributed by atoms with van der Waals surface area (Å²) >= 11 is 0. The fourth-order valence-electron chi connectivity index (χ4n) is 2.10. The summed E-state index contributed by atoms with van der Waals surface area (Å²) in [5.74, 6) is 0.930. The third kappa shape index (κ3) is 4.00. The van der Waals surface area contributed by atoms with Gasteiger partial charge in [0, 0.05) is 18.6 Å². The molecule has 0 aliphatic heterocycles. The van der Waals surface area contributed by atoms with Gasteiger partial charge in [0.1, 0.15) is 12.4 Å². The number of hydrogen-bond donors (Lipinski definition) is 1. The zero-order valence-electron chi connectivity index (χ0n) is 11.9. The van der Waals surface area contributed by atoms with E-state index in [1.165, 1.54) is 0 Å². The molecule has 0 aliphatic carbocycles. The maximum atomic E-state index is 5.89. The molecule has 0 saturated carbocycles. The van der Waals surface area contributed by atoms with Crippen LogP contribution in [-0.2, 0) is 0 Å². The Bertz CT molecular complexity index is 323. The number of ether oxygens (including phenoxy) is 1. The van der Waals surface area contributed by atoms with Crippen molar-refractivity contribution < 1.29 is 4.74 Å². The van der Waals surface area contributed by atoms with Gasteiger partial charge in [-0.2, -0.15) is 0 Å². The Hall–Kier alpha value is -1.06. The van der Waals surface area contributed by atoms with Gasteiger partial charge < -0.3 is 10.5 Å². The molecule has 1 atom stereocenters. The highest BCUT2D eigenvalue weighted by Crippen LogP contribution is 2.17. The second kappa shape index (κ2) is 7.39. The minimum absolute atomic E-state index is 0.0782. The minimum Gasteiger partial charge on any atom is -0.492 e. The van der Waals surface area contributed by atoms with Gasteiger partial charge in [0.15, 0.2) is 0 Å². The predicted octanol–water partition coefficient (Wildman–Crippen LogP) is 2.51. The molecule has 0 spiro atoms. The predicted molar refractivity (Wildman–Crippen MR) is 76.9 cm³/mol. The summed E-state index contributed by atoms with van der Waals surface area (Å²) in [6.07, 6.45) is 1.06. The molecule has 0 radical (unpaired) electrons. The van der Waals surface area contributed by atoms with Crippen molar-refractivity contribution in [3.8, 4) is 5.75 Å². The molecule has 18 heavy (non-hydrogen) atoms. The van der Waals surface area contributed by atoms with Crippen molar-refractivity contribution in [1.82, 2.24) is 4.90 Å². The SMILES string of the molecule is CCN(CCOc1ccccc1)C(C)(CC)CN. The fourth-order valence-corrected chi connectivity index (χ4v) is 2.10. The van der Waals surface area contributed by atoms with Gasteiger partial charge in [-0.1, -0.05) is 32.0 Å². The second-order valence-corrected chi connectivity index (χ2v) is 4.80. The maximum Gasteiger partial charge on any atom is 0.119 e. The third-order valence-corrected chi connectivity index (χ3v) is 3.72. The van der Waals surface area contributed by atoms with Crippen molar-refractivity contribution in [1.29, 1.82) is 0 Å². The van der Waals surface area contributed by atoms with E-state index < -0.39 is 0 Å². The second-order valence-electron chi connectivity index (χ2n) is 4.80. The quantitative estimate of drug-likeness (QED) is 0.770. The van der Waals surface area contributed by atoms with Crippen LogP contribution < -0.4 is 10.5 Å². The summed E-state index contributed by atoms with van der Waals surface area (Å²) in [5.41, 5.74) is 5.97. The van der Waals surface area contributed by atoms with Crippen molar-refractivity contribution in [3.05, 3.63) is 30.3 Å². The first-order valence-electron chi connectivity index (χ1n) is 6.79. The van der Waals surface area contributed by atoms with Crippen LogP contribution in [0.3, 0.4) is 0 Å². The van der Waals surface area contributed by atoms with Crippen LogP contribution in [0, 0.1) is 0 Å². The Kier molecular flexibility index (Phi) is 6.16. The van der Waals surface area contributed by atoms with Gasteiger partial charge in [-0.25, -0.2) is 0 Å². The van der Waals surface area contributed by atoms with Crippen LogP contribution in [0.25, 0.3) is 0 Å². The Balaban J connectivity index is 2.45. The largest absolute Gasteiger partial charge is 0.492 e. The number of benzene rings is 1. The zero-order valence-corrected chi connectivity index (χ0v) is 11.9. The molecule has 0 saturated heterocycles. The monoisotopic (exact) mass is 250 g/mol. The lowest BCUT2D eigenvalue weighted by atomic mass is 9.96. The van der Waals surface area contributed by atoms with Crippen LogP contribution in [0.2, 0.25) is 0 Å². The number of rotatable bonds is 8. The Morgan fingerprint density at radius 3 is 2.39 bits per heavy atom. The average Bonchev–Trinajstić information content (AvgIpc) is 2.44. The van der Waals surface area contributed by atoms with E-state index >= 15 is 0 Å². The first-order valence-corrected chi connectivity index (χ1v) is 6.79. The molecule has 1 aromatic rings.